The van der Waals surface area contributed by atoms with Gasteiger partial charge >= 0.3 is 0 Å². The maximum atomic E-state index is 5.91. The normalized spacial score (nSPS) is 18.3. The van der Waals surface area contributed by atoms with Crippen molar-refractivity contribution in [3.63, 3.8) is 0 Å². The molecule has 0 amide bonds. The quantitative estimate of drug-likeness (QED) is 0.870. The van der Waals surface area contributed by atoms with Gasteiger partial charge in [-0.05, 0) is 54.8 Å². The Hall–Kier alpha value is -0.390. The lowest BCUT2D eigenvalue weighted by molar-refractivity contribution is 0.226. The van der Waals surface area contributed by atoms with Gasteiger partial charge in [-0.2, -0.15) is 0 Å². The summed E-state index contributed by atoms with van der Waals surface area (Å²) in [4.78, 5) is 10.4. The van der Waals surface area contributed by atoms with Crippen LogP contribution in [0.1, 0.15) is 12.8 Å². The number of hydrogen-bond acceptors (Lipinski definition) is 4. The zero-order chi connectivity index (χ0) is 12.3. The number of rotatable bonds is 3. The van der Waals surface area contributed by atoms with Gasteiger partial charge in [-0.15, -0.1) is 0 Å². The lowest BCUT2D eigenvalue weighted by Gasteiger charge is -2.29. The second kappa shape index (κ2) is 5.98. The zero-order valence-corrected chi connectivity index (χ0v) is 12.1. The first-order valence-electron chi connectivity index (χ1n) is 5.75. The number of nitrogens with zero attached hydrogens (tertiary/aromatic N) is 3. The highest BCUT2D eigenvalue weighted by molar-refractivity contribution is 9.10. The van der Waals surface area contributed by atoms with E-state index >= 15 is 0 Å². The van der Waals surface area contributed by atoms with E-state index in [0.717, 1.165) is 16.8 Å². The van der Waals surface area contributed by atoms with E-state index in [1.165, 1.54) is 32.3 Å². The number of piperidine rings is 1. The fraction of sp³-hybridized carbons (Fsp3) is 0.636. The first kappa shape index (κ1) is 13.1. The summed E-state index contributed by atoms with van der Waals surface area (Å²) in [6.45, 7) is 3.30. The Bertz CT molecular complexity index is 380. The van der Waals surface area contributed by atoms with Crippen molar-refractivity contribution >= 4 is 33.3 Å². The molecule has 1 saturated heterocycles. The van der Waals surface area contributed by atoms with Crippen LogP contribution >= 0.6 is 27.5 Å². The minimum atomic E-state index is 0.450. The average Bonchev–Trinajstić information content (AvgIpc) is 2.33. The molecule has 4 nitrogen and oxygen atoms in total. The van der Waals surface area contributed by atoms with Crippen molar-refractivity contribution in [1.82, 2.24) is 14.9 Å². The molecule has 1 aliphatic heterocycles. The molecule has 0 bridgehead atoms. The average molecular weight is 320 g/mol. The molecule has 0 aliphatic carbocycles. The van der Waals surface area contributed by atoms with E-state index in [1.807, 2.05) is 0 Å². The molecule has 0 spiro atoms. The molecular formula is C11H16BrClN4. The van der Waals surface area contributed by atoms with E-state index < -0.39 is 0 Å². The summed E-state index contributed by atoms with van der Waals surface area (Å²) >= 11 is 9.30. The lowest BCUT2D eigenvalue weighted by atomic mass is 9.97. The zero-order valence-electron chi connectivity index (χ0n) is 9.79. The van der Waals surface area contributed by atoms with Crippen LogP contribution in [0.5, 0.6) is 0 Å². The first-order valence-corrected chi connectivity index (χ1v) is 6.92. The van der Waals surface area contributed by atoms with Crippen LogP contribution in [0.25, 0.3) is 0 Å². The van der Waals surface area contributed by atoms with Crippen LogP contribution in [0.4, 0.5) is 5.82 Å². The Labute approximate surface area is 115 Å². The molecule has 2 heterocycles. The Morgan fingerprint density at radius 1 is 1.47 bits per heavy atom. The van der Waals surface area contributed by atoms with E-state index in [-0.39, 0.29) is 0 Å². The molecule has 1 aromatic rings. The summed E-state index contributed by atoms with van der Waals surface area (Å²) in [5, 5.41) is 3.79. The Balaban J connectivity index is 1.87. The molecular weight excluding hydrogens is 304 g/mol. The van der Waals surface area contributed by atoms with Gasteiger partial charge < -0.3 is 10.2 Å². The summed E-state index contributed by atoms with van der Waals surface area (Å²) < 4.78 is 0.745. The van der Waals surface area contributed by atoms with Crippen LogP contribution in [-0.4, -0.2) is 41.5 Å². The van der Waals surface area contributed by atoms with E-state index in [0.29, 0.717) is 11.1 Å². The van der Waals surface area contributed by atoms with Gasteiger partial charge in [0.05, 0.1) is 4.47 Å². The van der Waals surface area contributed by atoms with Crippen molar-refractivity contribution in [3.05, 3.63) is 16.0 Å². The highest BCUT2D eigenvalue weighted by atomic mass is 79.9. The topological polar surface area (TPSA) is 41.0 Å². The van der Waals surface area contributed by atoms with Crippen LogP contribution in [-0.2, 0) is 0 Å². The number of halogens is 2. The smallest absolute Gasteiger partial charge is 0.148 e. The lowest BCUT2D eigenvalue weighted by Crippen LogP contribution is -2.33. The second-order valence-corrected chi connectivity index (χ2v) is 5.61. The summed E-state index contributed by atoms with van der Waals surface area (Å²) in [7, 11) is 2.17. The highest BCUT2D eigenvalue weighted by Gasteiger charge is 2.17. The number of anilines is 1. The van der Waals surface area contributed by atoms with Gasteiger partial charge in [-0.25, -0.2) is 9.97 Å². The molecule has 0 saturated carbocycles. The van der Waals surface area contributed by atoms with Gasteiger partial charge in [0, 0.05) is 6.54 Å². The van der Waals surface area contributed by atoms with Crippen molar-refractivity contribution < 1.29 is 0 Å². The van der Waals surface area contributed by atoms with E-state index in [9.17, 15) is 0 Å². The van der Waals surface area contributed by atoms with Crippen LogP contribution in [0.3, 0.4) is 0 Å². The van der Waals surface area contributed by atoms with Gasteiger partial charge in [0.25, 0.3) is 0 Å². The maximum absolute atomic E-state index is 5.91. The SMILES string of the molecule is CN1CCC(CNc2ncnc(Cl)c2Br)CC1. The van der Waals surface area contributed by atoms with Crippen molar-refractivity contribution in [3.8, 4) is 0 Å². The molecule has 0 aromatic carbocycles. The van der Waals surface area contributed by atoms with Crippen LogP contribution in [0, 0.1) is 5.92 Å². The molecule has 2 rings (SSSR count). The number of nitrogens with one attached hydrogen (secondary N) is 1. The maximum Gasteiger partial charge on any atom is 0.148 e. The third kappa shape index (κ3) is 3.53. The molecule has 0 unspecified atom stereocenters. The van der Waals surface area contributed by atoms with Crippen molar-refractivity contribution in [2.75, 3.05) is 32.0 Å². The molecule has 0 atom stereocenters. The summed E-state index contributed by atoms with van der Waals surface area (Å²) in [5.74, 6) is 1.50. The van der Waals surface area contributed by atoms with Crippen LogP contribution in [0.2, 0.25) is 5.15 Å². The van der Waals surface area contributed by atoms with Gasteiger partial charge in [0.15, 0.2) is 0 Å². The third-order valence-corrected chi connectivity index (χ3v) is 4.41. The van der Waals surface area contributed by atoms with Gasteiger partial charge in [-0.3, -0.25) is 0 Å². The Morgan fingerprint density at radius 2 is 2.18 bits per heavy atom. The fourth-order valence-corrected chi connectivity index (χ4v) is 2.46. The van der Waals surface area contributed by atoms with E-state index in [2.05, 4.69) is 43.2 Å². The summed E-state index contributed by atoms with van der Waals surface area (Å²) in [6.07, 6.45) is 3.95. The first-order chi connectivity index (χ1) is 8.16. The predicted octanol–water partition coefficient (Wildman–Crippen LogP) is 2.65. The number of hydrogen-bond donors (Lipinski definition) is 1. The largest absolute Gasteiger partial charge is 0.369 e. The Kier molecular flexibility index (Phi) is 4.59. The molecule has 94 valence electrons. The minimum Gasteiger partial charge on any atom is -0.369 e. The number of aromatic nitrogens is 2. The second-order valence-electron chi connectivity index (χ2n) is 4.45. The minimum absolute atomic E-state index is 0.450. The molecule has 1 aromatic heterocycles. The Morgan fingerprint density at radius 3 is 2.88 bits per heavy atom. The van der Waals surface area contributed by atoms with Crippen LogP contribution in [0.15, 0.2) is 10.8 Å². The standard InChI is InChI=1S/C11H16BrClN4/c1-17-4-2-8(3-5-17)6-14-11-9(12)10(13)15-7-16-11/h7-8H,2-6H2,1H3,(H,14,15,16). The summed E-state index contributed by atoms with van der Waals surface area (Å²) in [6, 6.07) is 0. The molecule has 1 aliphatic rings. The van der Waals surface area contributed by atoms with E-state index in [1.54, 1.807) is 0 Å². The molecule has 6 heteroatoms. The van der Waals surface area contributed by atoms with Crippen LogP contribution < -0.4 is 5.32 Å². The van der Waals surface area contributed by atoms with Crippen molar-refractivity contribution in [2.24, 2.45) is 5.92 Å². The summed E-state index contributed by atoms with van der Waals surface area (Å²) in [5.41, 5.74) is 0. The molecule has 1 fully saturated rings. The molecule has 1 N–H and O–H groups in total. The van der Waals surface area contributed by atoms with Gasteiger partial charge in [0.1, 0.15) is 17.3 Å². The van der Waals surface area contributed by atoms with Crippen molar-refractivity contribution in [2.45, 2.75) is 12.8 Å². The number of likely N-dealkylation sites (tertiary alicyclic amines) is 1. The fourth-order valence-electron chi connectivity index (χ4n) is 1.98. The van der Waals surface area contributed by atoms with Gasteiger partial charge in [0.2, 0.25) is 0 Å². The monoisotopic (exact) mass is 318 g/mol. The molecule has 17 heavy (non-hydrogen) atoms. The van der Waals surface area contributed by atoms with Crippen molar-refractivity contribution in [1.29, 1.82) is 0 Å². The highest BCUT2D eigenvalue weighted by Crippen LogP contribution is 2.26. The predicted molar refractivity (Wildman–Crippen MR) is 73.5 cm³/mol. The third-order valence-electron chi connectivity index (χ3n) is 3.14. The molecule has 0 radical (unpaired) electrons. The van der Waals surface area contributed by atoms with Gasteiger partial charge in [-0.1, -0.05) is 11.6 Å². The van der Waals surface area contributed by atoms with E-state index in [4.69, 9.17) is 11.6 Å².